The van der Waals surface area contributed by atoms with Crippen LogP contribution in [0.15, 0.2) is 22.7 Å². The van der Waals surface area contributed by atoms with E-state index in [2.05, 4.69) is 25.4 Å². The summed E-state index contributed by atoms with van der Waals surface area (Å²) < 4.78 is 44.1. The van der Waals surface area contributed by atoms with Crippen LogP contribution in [0.1, 0.15) is 10.4 Å². The van der Waals surface area contributed by atoms with Crippen LogP contribution in [0.5, 0.6) is 5.75 Å². The first-order valence-corrected chi connectivity index (χ1v) is 4.76. The minimum absolute atomic E-state index is 0.0314. The van der Waals surface area contributed by atoms with Gasteiger partial charge in [-0.25, -0.2) is 4.79 Å². The lowest BCUT2D eigenvalue weighted by molar-refractivity contribution is -0.274. The van der Waals surface area contributed by atoms with E-state index in [0.29, 0.717) is 0 Å². The van der Waals surface area contributed by atoms with Crippen molar-refractivity contribution >= 4 is 21.9 Å². The van der Waals surface area contributed by atoms with Crippen LogP contribution in [0.2, 0.25) is 0 Å². The molecule has 1 rings (SSSR count). The molecular weight excluding hydrogens is 293 g/mol. The van der Waals surface area contributed by atoms with Gasteiger partial charge in [0.05, 0.1) is 12.7 Å². The summed E-state index contributed by atoms with van der Waals surface area (Å²) in [5, 5.41) is 0. The van der Waals surface area contributed by atoms with Crippen molar-refractivity contribution in [2.75, 3.05) is 7.11 Å². The van der Waals surface area contributed by atoms with Crippen molar-refractivity contribution in [3.05, 3.63) is 28.2 Å². The standard InChI is InChI=1S/C9H6BrF3O3/c1-15-8(14)5-2-6(10)4-7(3-5)16-9(11,12)13/h2-4H,1H3. The lowest BCUT2D eigenvalue weighted by atomic mass is 10.2. The molecule has 0 radical (unpaired) electrons. The Hall–Kier alpha value is -1.24. The zero-order chi connectivity index (χ0) is 12.3. The monoisotopic (exact) mass is 298 g/mol. The number of benzene rings is 1. The molecule has 0 heterocycles. The molecule has 0 bridgehead atoms. The van der Waals surface area contributed by atoms with Crippen LogP contribution in [0.4, 0.5) is 13.2 Å². The highest BCUT2D eigenvalue weighted by Gasteiger charge is 2.31. The van der Waals surface area contributed by atoms with E-state index in [1.165, 1.54) is 6.07 Å². The summed E-state index contributed by atoms with van der Waals surface area (Å²) in [6.45, 7) is 0. The van der Waals surface area contributed by atoms with E-state index < -0.39 is 18.1 Å². The minimum Gasteiger partial charge on any atom is -0.465 e. The van der Waals surface area contributed by atoms with Gasteiger partial charge >= 0.3 is 12.3 Å². The van der Waals surface area contributed by atoms with Gasteiger partial charge in [-0.3, -0.25) is 0 Å². The number of halogens is 4. The molecular formula is C9H6BrF3O3. The summed E-state index contributed by atoms with van der Waals surface area (Å²) in [4.78, 5) is 11.1. The maximum atomic E-state index is 11.9. The van der Waals surface area contributed by atoms with Gasteiger partial charge in [0.2, 0.25) is 0 Å². The lowest BCUT2D eigenvalue weighted by Crippen LogP contribution is -2.17. The molecule has 0 aromatic heterocycles. The fourth-order valence-electron chi connectivity index (χ4n) is 0.991. The van der Waals surface area contributed by atoms with Crippen LogP contribution in [0, 0.1) is 0 Å². The maximum absolute atomic E-state index is 11.9. The molecule has 0 N–H and O–H groups in total. The summed E-state index contributed by atoms with van der Waals surface area (Å²) in [5.74, 6) is -1.23. The van der Waals surface area contributed by atoms with Crippen molar-refractivity contribution in [3.8, 4) is 5.75 Å². The van der Waals surface area contributed by atoms with E-state index in [0.717, 1.165) is 19.2 Å². The molecule has 88 valence electrons. The molecule has 0 saturated carbocycles. The summed E-state index contributed by atoms with van der Waals surface area (Å²) in [7, 11) is 1.13. The normalized spacial score (nSPS) is 11.1. The van der Waals surface area contributed by atoms with Gasteiger partial charge in [-0.2, -0.15) is 0 Å². The molecule has 0 saturated heterocycles. The zero-order valence-electron chi connectivity index (χ0n) is 7.97. The highest BCUT2D eigenvalue weighted by Crippen LogP contribution is 2.27. The molecule has 0 fully saturated rings. The molecule has 0 aliphatic rings. The third-order valence-corrected chi connectivity index (χ3v) is 1.98. The third kappa shape index (κ3) is 3.73. The summed E-state index contributed by atoms with van der Waals surface area (Å²) in [6, 6.07) is 3.37. The average Bonchev–Trinajstić information content (AvgIpc) is 2.12. The Kier molecular flexibility index (Phi) is 3.79. The smallest absolute Gasteiger partial charge is 0.465 e. The molecule has 0 amide bonds. The van der Waals surface area contributed by atoms with E-state index >= 15 is 0 Å². The van der Waals surface area contributed by atoms with Gasteiger partial charge in [-0.15, -0.1) is 13.2 Å². The molecule has 0 aliphatic carbocycles. The van der Waals surface area contributed by atoms with Crippen molar-refractivity contribution in [2.24, 2.45) is 0 Å². The molecule has 0 atom stereocenters. The van der Waals surface area contributed by atoms with E-state index in [-0.39, 0.29) is 10.0 Å². The van der Waals surface area contributed by atoms with E-state index in [1.54, 1.807) is 0 Å². The van der Waals surface area contributed by atoms with E-state index in [1.807, 2.05) is 0 Å². The quantitative estimate of drug-likeness (QED) is 0.787. The van der Waals surface area contributed by atoms with Gasteiger partial charge in [0, 0.05) is 4.47 Å². The number of esters is 1. The highest BCUT2D eigenvalue weighted by atomic mass is 79.9. The summed E-state index contributed by atoms with van der Waals surface area (Å²) in [5.41, 5.74) is -0.0314. The zero-order valence-corrected chi connectivity index (χ0v) is 9.55. The van der Waals surface area contributed by atoms with Gasteiger partial charge in [-0.1, -0.05) is 15.9 Å². The first-order valence-electron chi connectivity index (χ1n) is 3.96. The Labute approximate surface area is 97.3 Å². The van der Waals surface area contributed by atoms with Crippen molar-refractivity contribution in [1.29, 1.82) is 0 Å². The molecule has 3 nitrogen and oxygen atoms in total. The molecule has 0 unspecified atom stereocenters. The molecule has 0 spiro atoms. The van der Waals surface area contributed by atoms with Gasteiger partial charge in [0.25, 0.3) is 0 Å². The summed E-state index contributed by atoms with van der Waals surface area (Å²) in [6.07, 6.45) is -4.80. The average molecular weight is 299 g/mol. The maximum Gasteiger partial charge on any atom is 0.573 e. The number of hydrogen-bond donors (Lipinski definition) is 0. The molecule has 1 aromatic carbocycles. The van der Waals surface area contributed by atoms with Crippen molar-refractivity contribution in [1.82, 2.24) is 0 Å². The van der Waals surface area contributed by atoms with Crippen LogP contribution in [0.3, 0.4) is 0 Å². The predicted octanol–water partition coefficient (Wildman–Crippen LogP) is 3.13. The second-order valence-corrected chi connectivity index (χ2v) is 3.63. The van der Waals surface area contributed by atoms with E-state index in [9.17, 15) is 18.0 Å². The molecule has 0 aliphatic heterocycles. The van der Waals surface area contributed by atoms with Gasteiger partial charge < -0.3 is 9.47 Å². The molecule has 16 heavy (non-hydrogen) atoms. The lowest BCUT2D eigenvalue weighted by Gasteiger charge is -2.10. The minimum atomic E-state index is -4.80. The topological polar surface area (TPSA) is 35.5 Å². The predicted molar refractivity (Wildman–Crippen MR) is 52.2 cm³/mol. The van der Waals surface area contributed by atoms with E-state index in [4.69, 9.17) is 0 Å². The van der Waals surface area contributed by atoms with Crippen LogP contribution >= 0.6 is 15.9 Å². The number of hydrogen-bond acceptors (Lipinski definition) is 3. The fourth-order valence-corrected chi connectivity index (χ4v) is 1.46. The number of alkyl halides is 3. The van der Waals surface area contributed by atoms with Gasteiger partial charge in [-0.05, 0) is 18.2 Å². The Morgan fingerprint density at radius 3 is 2.44 bits per heavy atom. The van der Waals surface area contributed by atoms with Gasteiger partial charge in [0.15, 0.2) is 0 Å². The van der Waals surface area contributed by atoms with Crippen LogP contribution < -0.4 is 4.74 Å². The second-order valence-electron chi connectivity index (χ2n) is 2.71. The first-order chi connectivity index (χ1) is 7.31. The van der Waals surface area contributed by atoms with Crippen molar-refractivity contribution in [2.45, 2.75) is 6.36 Å². The SMILES string of the molecule is COC(=O)c1cc(Br)cc(OC(F)(F)F)c1. The first kappa shape index (κ1) is 12.8. The Morgan fingerprint density at radius 1 is 1.31 bits per heavy atom. The van der Waals surface area contributed by atoms with Crippen LogP contribution in [-0.4, -0.2) is 19.4 Å². The van der Waals surface area contributed by atoms with Crippen LogP contribution in [0.25, 0.3) is 0 Å². The van der Waals surface area contributed by atoms with Crippen LogP contribution in [-0.2, 0) is 4.74 Å². The third-order valence-electron chi connectivity index (χ3n) is 1.53. The number of rotatable bonds is 2. The number of methoxy groups -OCH3 is 1. The second kappa shape index (κ2) is 4.73. The van der Waals surface area contributed by atoms with Gasteiger partial charge in [0.1, 0.15) is 5.75 Å². The fraction of sp³-hybridized carbons (Fsp3) is 0.222. The van der Waals surface area contributed by atoms with Crippen molar-refractivity contribution in [3.63, 3.8) is 0 Å². The highest BCUT2D eigenvalue weighted by molar-refractivity contribution is 9.10. The number of ether oxygens (including phenoxy) is 2. The Bertz CT molecular complexity index is 403. The molecule has 7 heteroatoms. The Morgan fingerprint density at radius 2 is 1.94 bits per heavy atom. The Balaban J connectivity index is 3.03. The number of carbonyl (C=O) groups excluding carboxylic acids is 1. The molecule has 1 aromatic rings. The number of carbonyl (C=O) groups is 1. The van der Waals surface area contributed by atoms with Crippen molar-refractivity contribution < 1.29 is 27.4 Å². The summed E-state index contributed by atoms with van der Waals surface area (Å²) >= 11 is 2.96. The largest absolute Gasteiger partial charge is 0.573 e.